The standard InChI is InChI=1S/C32H32F3N7.Pt/c1-21-14-16-40(38-21)26-10-8-12-28(36-26)42(24-19-22(30(2,3)4)18-23(20-24)31(5,6)7)29-13-9-11-27(37-29)41-17-15-25(39-41)32(33,34)35;/h8-15,18-20H,1-7H3;/q-2;+2. The van der Waals surface area contributed by atoms with Crippen LogP contribution < -0.4 is 4.90 Å². The second-order valence-electron chi connectivity index (χ2n) is 12.2. The molecule has 4 aromatic heterocycles. The normalized spacial score (nSPS) is 12.2. The van der Waals surface area contributed by atoms with E-state index in [0.717, 1.165) is 33.3 Å². The van der Waals surface area contributed by atoms with Crippen LogP contribution in [-0.4, -0.2) is 29.5 Å². The van der Waals surface area contributed by atoms with Crippen LogP contribution in [0.25, 0.3) is 11.6 Å². The Bertz CT molecular complexity index is 1690. The average molecular weight is 767 g/mol. The molecule has 0 aliphatic rings. The van der Waals surface area contributed by atoms with Crippen molar-refractivity contribution in [3.8, 4) is 11.6 Å². The molecule has 0 spiro atoms. The molecule has 11 heteroatoms. The quantitative estimate of drug-likeness (QED) is 0.171. The molecule has 0 amide bonds. The van der Waals surface area contributed by atoms with Crippen LogP contribution in [0.5, 0.6) is 0 Å². The number of rotatable bonds is 5. The molecule has 0 aliphatic heterocycles. The molecule has 4 heterocycles. The van der Waals surface area contributed by atoms with Crippen LogP contribution in [0.1, 0.15) is 64.1 Å². The third-order valence-electron chi connectivity index (χ3n) is 6.71. The number of nitrogens with zero attached hydrogens (tertiary/aromatic N) is 7. The fourth-order valence-electron chi connectivity index (χ4n) is 4.33. The molecule has 0 bridgehead atoms. The van der Waals surface area contributed by atoms with Gasteiger partial charge in [-0.2, -0.15) is 13.2 Å². The molecule has 1 aromatic carbocycles. The summed E-state index contributed by atoms with van der Waals surface area (Å²) < 4.78 is 42.4. The van der Waals surface area contributed by atoms with Gasteiger partial charge < -0.3 is 9.36 Å². The summed E-state index contributed by atoms with van der Waals surface area (Å²) in [5.41, 5.74) is 2.48. The molecule has 0 saturated heterocycles. The van der Waals surface area contributed by atoms with Crippen molar-refractivity contribution in [1.29, 1.82) is 0 Å². The fraction of sp³-hybridized carbons (Fsp3) is 0.312. The van der Waals surface area contributed by atoms with Crippen LogP contribution in [-0.2, 0) is 38.1 Å². The summed E-state index contributed by atoms with van der Waals surface area (Å²) in [5.74, 6) is 1.73. The second-order valence-corrected chi connectivity index (χ2v) is 12.2. The number of benzene rings is 1. The summed E-state index contributed by atoms with van der Waals surface area (Å²) in [6.07, 6.45) is 1.02. The Morgan fingerprint density at radius 2 is 1.19 bits per heavy atom. The van der Waals surface area contributed by atoms with Crippen molar-refractivity contribution >= 4 is 17.3 Å². The molecular formula is C32H32F3N7Pt. The Kier molecular flexibility index (Phi) is 8.76. The van der Waals surface area contributed by atoms with E-state index in [1.54, 1.807) is 28.9 Å². The van der Waals surface area contributed by atoms with Crippen LogP contribution in [0.4, 0.5) is 30.5 Å². The smallest absolute Gasteiger partial charge is 0.343 e. The van der Waals surface area contributed by atoms with E-state index in [-0.39, 0.29) is 37.7 Å². The van der Waals surface area contributed by atoms with Crippen molar-refractivity contribution in [1.82, 2.24) is 29.5 Å². The van der Waals surface area contributed by atoms with Gasteiger partial charge >= 0.3 is 27.2 Å². The zero-order chi connectivity index (χ0) is 30.4. The molecule has 5 rings (SSSR count). The van der Waals surface area contributed by atoms with Crippen molar-refractivity contribution in [2.75, 3.05) is 4.90 Å². The van der Waals surface area contributed by atoms with Crippen LogP contribution in [0, 0.1) is 19.3 Å². The van der Waals surface area contributed by atoms with Gasteiger partial charge in [0.1, 0.15) is 11.6 Å². The summed E-state index contributed by atoms with van der Waals surface area (Å²) in [6.45, 7) is 14.8. The molecule has 0 N–H and O–H groups in total. The van der Waals surface area contributed by atoms with E-state index < -0.39 is 11.9 Å². The maximum Gasteiger partial charge on any atom is 2.00 e. The van der Waals surface area contributed by atoms with E-state index in [1.807, 2.05) is 30.0 Å². The summed E-state index contributed by atoms with van der Waals surface area (Å²) in [5, 5.41) is 8.12. The number of hydrogen-bond donors (Lipinski definition) is 0. The molecule has 0 radical (unpaired) electrons. The van der Waals surface area contributed by atoms with Gasteiger partial charge in [0.15, 0.2) is 0 Å². The zero-order valence-electron chi connectivity index (χ0n) is 24.9. The number of aryl methyl sites for hydroxylation is 1. The maximum atomic E-state index is 13.3. The predicted molar refractivity (Wildman–Crippen MR) is 156 cm³/mol. The summed E-state index contributed by atoms with van der Waals surface area (Å²) in [4.78, 5) is 11.5. The van der Waals surface area contributed by atoms with Gasteiger partial charge in [-0.05, 0) is 51.9 Å². The van der Waals surface area contributed by atoms with Gasteiger partial charge in [0.05, 0.1) is 17.3 Å². The van der Waals surface area contributed by atoms with Gasteiger partial charge in [0.25, 0.3) is 0 Å². The first-order chi connectivity index (χ1) is 19.6. The van der Waals surface area contributed by atoms with E-state index in [9.17, 15) is 13.2 Å². The Morgan fingerprint density at radius 3 is 1.60 bits per heavy atom. The number of aromatic nitrogens is 6. The first-order valence-corrected chi connectivity index (χ1v) is 13.5. The molecule has 0 atom stereocenters. The third kappa shape index (κ3) is 7.07. The van der Waals surface area contributed by atoms with E-state index in [2.05, 4.69) is 82.3 Å². The number of alkyl halides is 3. The second kappa shape index (κ2) is 11.7. The SMILES string of the molecule is Cc1c[c-]n(-c2cccc(N(c3cc(C(C)(C)C)cc(C(C)(C)C)c3)c3cccc(-n4[c-]cc(C(F)(F)F)n4)n3)n2)n1.[Pt+2]. The van der Waals surface area contributed by atoms with E-state index in [0.29, 0.717) is 17.5 Å². The first-order valence-electron chi connectivity index (χ1n) is 13.5. The van der Waals surface area contributed by atoms with Crippen molar-refractivity contribution in [3.05, 3.63) is 102 Å². The fourth-order valence-corrected chi connectivity index (χ4v) is 4.33. The Morgan fingerprint density at radius 1 is 0.698 bits per heavy atom. The monoisotopic (exact) mass is 766 g/mol. The molecule has 0 fully saturated rings. The Labute approximate surface area is 264 Å². The molecule has 43 heavy (non-hydrogen) atoms. The zero-order valence-corrected chi connectivity index (χ0v) is 27.2. The molecular weight excluding hydrogens is 734 g/mol. The van der Waals surface area contributed by atoms with Crippen molar-refractivity contribution in [3.63, 3.8) is 0 Å². The first kappa shape index (κ1) is 32.1. The van der Waals surface area contributed by atoms with Crippen LogP contribution in [0.3, 0.4) is 0 Å². The van der Waals surface area contributed by atoms with E-state index in [1.165, 1.54) is 0 Å². The minimum Gasteiger partial charge on any atom is -0.343 e. The van der Waals surface area contributed by atoms with Crippen molar-refractivity contribution in [2.24, 2.45) is 0 Å². The summed E-state index contributed by atoms with van der Waals surface area (Å²) in [7, 11) is 0. The van der Waals surface area contributed by atoms with Crippen LogP contribution in [0.2, 0.25) is 0 Å². The minimum atomic E-state index is -4.59. The number of hydrogen-bond acceptors (Lipinski definition) is 5. The number of halogens is 3. The molecule has 7 nitrogen and oxygen atoms in total. The topological polar surface area (TPSA) is 64.7 Å². The predicted octanol–water partition coefficient (Wildman–Crippen LogP) is 7.84. The van der Waals surface area contributed by atoms with Gasteiger partial charge in [0, 0.05) is 5.69 Å². The third-order valence-corrected chi connectivity index (χ3v) is 6.71. The van der Waals surface area contributed by atoms with Gasteiger partial charge in [-0.1, -0.05) is 91.2 Å². The molecule has 226 valence electrons. The van der Waals surface area contributed by atoms with Gasteiger partial charge in [-0.15, -0.1) is 12.1 Å². The molecule has 0 saturated carbocycles. The summed E-state index contributed by atoms with van der Waals surface area (Å²) >= 11 is 0. The Balaban J connectivity index is 0.00000423. The number of pyridine rings is 2. The van der Waals surface area contributed by atoms with Crippen molar-refractivity contribution in [2.45, 2.75) is 65.5 Å². The van der Waals surface area contributed by atoms with Crippen molar-refractivity contribution < 1.29 is 34.2 Å². The maximum absolute atomic E-state index is 13.3. The van der Waals surface area contributed by atoms with E-state index >= 15 is 0 Å². The molecule has 5 aromatic rings. The van der Waals surface area contributed by atoms with Gasteiger partial charge in [-0.25, -0.2) is 0 Å². The van der Waals surface area contributed by atoms with E-state index in [4.69, 9.17) is 9.97 Å². The summed E-state index contributed by atoms with van der Waals surface area (Å²) in [6, 6.07) is 19.7. The van der Waals surface area contributed by atoms with Crippen LogP contribution in [0.15, 0.2) is 66.7 Å². The largest absolute Gasteiger partial charge is 2.00 e. The minimum absolute atomic E-state index is 0. The number of anilines is 3. The van der Waals surface area contributed by atoms with Gasteiger partial charge in [0.2, 0.25) is 0 Å². The average Bonchev–Trinajstić information content (AvgIpc) is 3.58. The Hall–Kier alpha value is -3.78. The molecule has 0 aliphatic carbocycles. The van der Waals surface area contributed by atoms with Gasteiger partial charge in [-0.3, -0.25) is 25.1 Å². The van der Waals surface area contributed by atoms with Crippen LogP contribution >= 0.6 is 0 Å². The molecule has 0 unspecified atom stereocenters.